The van der Waals surface area contributed by atoms with Crippen molar-refractivity contribution in [1.82, 2.24) is 9.55 Å². The molecule has 0 N–H and O–H groups in total. The second-order valence-electron chi connectivity index (χ2n) is 5.74. The lowest BCUT2D eigenvalue weighted by Crippen LogP contribution is -1.97. The highest BCUT2D eigenvalue weighted by molar-refractivity contribution is 5.70. The fraction of sp³-hybridized carbons (Fsp3) is 0.200. The van der Waals surface area contributed by atoms with Crippen LogP contribution in [0.4, 0.5) is 0 Å². The SMILES string of the molecule is CCC(C)c1cc(C#N)ccc1-c1ccc(-n2ccnc2)cc1. The molecule has 0 aliphatic rings. The van der Waals surface area contributed by atoms with E-state index in [1.54, 1.807) is 12.5 Å². The van der Waals surface area contributed by atoms with Crippen LogP contribution in [0.2, 0.25) is 0 Å². The summed E-state index contributed by atoms with van der Waals surface area (Å²) in [5.74, 6) is 0.423. The van der Waals surface area contributed by atoms with Crippen molar-refractivity contribution in [1.29, 1.82) is 5.26 Å². The molecule has 1 atom stereocenters. The fourth-order valence-corrected chi connectivity index (χ4v) is 2.75. The molecule has 0 amide bonds. The van der Waals surface area contributed by atoms with Gasteiger partial charge in [0.1, 0.15) is 0 Å². The molecule has 0 bridgehead atoms. The van der Waals surface area contributed by atoms with Crippen LogP contribution in [0.25, 0.3) is 16.8 Å². The average molecular weight is 301 g/mol. The van der Waals surface area contributed by atoms with Crippen LogP contribution >= 0.6 is 0 Å². The molecule has 0 aliphatic heterocycles. The summed E-state index contributed by atoms with van der Waals surface area (Å²) in [6.45, 7) is 4.38. The maximum absolute atomic E-state index is 9.16. The molecule has 0 saturated carbocycles. The summed E-state index contributed by atoms with van der Waals surface area (Å²) >= 11 is 0. The Balaban J connectivity index is 2.03. The van der Waals surface area contributed by atoms with E-state index >= 15 is 0 Å². The van der Waals surface area contributed by atoms with Gasteiger partial charge < -0.3 is 4.57 Å². The molecule has 1 heterocycles. The number of hydrogen-bond donors (Lipinski definition) is 0. The molecule has 1 unspecified atom stereocenters. The van der Waals surface area contributed by atoms with Crippen molar-refractivity contribution in [2.24, 2.45) is 0 Å². The Bertz CT molecular complexity index is 824. The summed E-state index contributed by atoms with van der Waals surface area (Å²) in [7, 11) is 0. The molecule has 0 spiro atoms. The second kappa shape index (κ2) is 6.50. The van der Waals surface area contributed by atoms with Crippen LogP contribution in [-0.2, 0) is 0 Å². The van der Waals surface area contributed by atoms with E-state index in [-0.39, 0.29) is 0 Å². The van der Waals surface area contributed by atoms with Crippen LogP contribution in [0, 0.1) is 11.3 Å². The summed E-state index contributed by atoms with van der Waals surface area (Å²) < 4.78 is 1.98. The quantitative estimate of drug-likeness (QED) is 0.686. The highest BCUT2D eigenvalue weighted by Crippen LogP contribution is 2.32. The van der Waals surface area contributed by atoms with E-state index in [4.69, 9.17) is 5.26 Å². The monoisotopic (exact) mass is 301 g/mol. The predicted octanol–water partition coefficient (Wildman–Crippen LogP) is 4.92. The third kappa shape index (κ3) is 3.02. The predicted molar refractivity (Wildman–Crippen MR) is 92.4 cm³/mol. The molecule has 2 aromatic carbocycles. The molecule has 114 valence electrons. The normalized spacial score (nSPS) is 11.9. The van der Waals surface area contributed by atoms with Gasteiger partial charge in [-0.3, -0.25) is 0 Å². The number of nitrogens with zero attached hydrogens (tertiary/aromatic N) is 3. The smallest absolute Gasteiger partial charge is 0.0991 e. The first-order chi connectivity index (χ1) is 11.2. The Hall–Kier alpha value is -2.86. The first-order valence-corrected chi connectivity index (χ1v) is 7.85. The summed E-state index contributed by atoms with van der Waals surface area (Å²) in [6.07, 6.45) is 6.55. The van der Waals surface area contributed by atoms with E-state index in [1.165, 1.54) is 16.7 Å². The molecule has 3 nitrogen and oxygen atoms in total. The molecule has 0 aliphatic carbocycles. The minimum Gasteiger partial charge on any atom is -0.306 e. The molecule has 0 saturated heterocycles. The Morgan fingerprint density at radius 1 is 1.17 bits per heavy atom. The van der Waals surface area contributed by atoms with Gasteiger partial charge in [0.05, 0.1) is 18.0 Å². The summed E-state index contributed by atoms with van der Waals surface area (Å²) in [6, 6.07) is 16.7. The molecular formula is C20H19N3. The van der Waals surface area contributed by atoms with E-state index < -0.39 is 0 Å². The Kier molecular flexibility index (Phi) is 4.25. The van der Waals surface area contributed by atoms with Crippen molar-refractivity contribution < 1.29 is 0 Å². The van der Waals surface area contributed by atoms with Gasteiger partial charge in [-0.1, -0.05) is 32.0 Å². The number of aromatic nitrogens is 2. The molecule has 23 heavy (non-hydrogen) atoms. The zero-order valence-corrected chi connectivity index (χ0v) is 13.4. The van der Waals surface area contributed by atoms with Crippen LogP contribution in [0.15, 0.2) is 61.2 Å². The molecule has 3 aromatic rings. The second-order valence-corrected chi connectivity index (χ2v) is 5.74. The average Bonchev–Trinajstić information content (AvgIpc) is 3.15. The van der Waals surface area contributed by atoms with Gasteiger partial charge in [-0.2, -0.15) is 5.26 Å². The highest BCUT2D eigenvalue weighted by Gasteiger charge is 2.12. The van der Waals surface area contributed by atoms with E-state index in [0.717, 1.165) is 17.7 Å². The number of imidazole rings is 1. The van der Waals surface area contributed by atoms with Gasteiger partial charge in [0.2, 0.25) is 0 Å². The van der Waals surface area contributed by atoms with Crippen LogP contribution in [0.5, 0.6) is 0 Å². The van der Waals surface area contributed by atoms with Gasteiger partial charge in [-0.25, -0.2) is 4.98 Å². The first kappa shape index (κ1) is 15.1. The number of nitriles is 1. The third-order valence-electron chi connectivity index (χ3n) is 4.30. The van der Waals surface area contributed by atoms with Crippen molar-refractivity contribution in [2.75, 3.05) is 0 Å². The lowest BCUT2D eigenvalue weighted by Gasteiger charge is -2.16. The molecule has 0 radical (unpaired) electrons. The molecule has 0 fully saturated rings. The van der Waals surface area contributed by atoms with Gasteiger partial charge in [-0.05, 0) is 53.3 Å². The minimum atomic E-state index is 0.423. The summed E-state index contributed by atoms with van der Waals surface area (Å²) in [5, 5.41) is 9.16. The van der Waals surface area contributed by atoms with E-state index in [9.17, 15) is 0 Å². The van der Waals surface area contributed by atoms with E-state index in [0.29, 0.717) is 5.92 Å². The standard InChI is InChI=1S/C20H19N3/c1-3-15(2)20-12-16(13-21)4-9-19(20)17-5-7-18(8-6-17)23-11-10-22-14-23/h4-12,14-15H,3H2,1-2H3. The van der Waals surface area contributed by atoms with Crippen molar-refractivity contribution in [2.45, 2.75) is 26.2 Å². The topological polar surface area (TPSA) is 41.6 Å². The van der Waals surface area contributed by atoms with Crippen LogP contribution < -0.4 is 0 Å². The van der Waals surface area contributed by atoms with Gasteiger partial charge >= 0.3 is 0 Å². The Morgan fingerprint density at radius 2 is 1.96 bits per heavy atom. The summed E-state index contributed by atoms with van der Waals surface area (Å²) in [4.78, 5) is 4.08. The maximum atomic E-state index is 9.16. The van der Waals surface area contributed by atoms with Crippen LogP contribution in [-0.4, -0.2) is 9.55 Å². The van der Waals surface area contributed by atoms with Gasteiger partial charge in [-0.15, -0.1) is 0 Å². The van der Waals surface area contributed by atoms with Crippen LogP contribution in [0.3, 0.4) is 0 Å². The lowest BCUT2D eigenvalue weighted by molar-refractivity contribution is 0.735. The van der Waals surface area contributed by atoms with Crippen molar-refractivity contribution in [3.05, 3.63) is 72.3 Å². The zero-order chi connectivity index (χ0) is 16.2. The zero-order valence-electron chi connectivity index (χ0n) is 13.4. The highest BCUT2D eigenvalue weighted by atomic mass is 15.0. The first-order valence-electron chi connectivity index (χ1n) is 7.85. The maximum Gasteiger partial charge on any atom is 0.0991 e. The molecule has 1 aromatic heterocycles. The summed E-state index contributed by atoms with van der Waals surface area (Å²) in [5.41, 5.74) is 5.43. The fourth-order valence-electron chi connectivity index (χ4n) is 2.75. The van der Waals surface area contributed by atoms with Crippen LogP contribution in [0.1, 0.15) is 37.3 Å². The van der Waals surface area contributed by atoms with E-state index in [2.05, 4.69) is 55.2 Å². The number of benzene rings is 2. The lowest BCUT2D eigenvalue weighted by atomic mass is 9.89. The molecule has 3 rings (SSSR count). The number of hydrogen-bond acceptors (Lipinski definition) is 2. The Labute approximate surface area is 136 Å². The van der Waals surface area contributed by atoms with Crippen molar-refractivity contribution in [3.63, 3.8) is 0 Å². The van der Waals surface area contributed by atoms with Gasteiger partial charge in [0, 0.05) is 18.1 Å². The molecule has 3 heteroatoms. The van der Waals surface area contributed by atoms with Crippen molar-refractivity contribution in [3.8, 4) is 22.9 Å². The van der Waals surface area contributed by atoms with Gasteiger partial charge in [0.25, 0.3) is 0 Å². The van der Waals surface area contributed by atoms with Crippen molar-refractivity contribution >= 4 is 0 Å². The van der Waals surface area contributed by atoms with Gasteiger partial charge in [0.15, 0.2) is 0 Å². The Morgan fingerprint density at radius 3 is 2.57 bits per heavy atom. The minimum absolute atomic E-state index is 0.423. The number of rotatable bonds is 4. The molecular weight excluding hydrogens is 282 g/mol. The third-order valence-corrected chi connectivity index (χ3v) is 4.30. The largest absolute Gasteiger partial charge is 0.306 e. The van der Waals surface area contributed by atoms with E-state index in [1.807, 2.05) is 22.9 Å².